The van der Waals surface area contributed by atoms with Gasteiger partial charge in [0.05, 0.1) is 23.9 Å². The number of unbranched alkanes of at least 4 members (excludes halogenated alkanes) is 1. The van der Waals surface area contributed by atoms with Crippen LogP contribution in [0.2, 0.25) is 0 Å². The van der Waals surface area contributed by atoms with Crippen LogP contribution in [0.3, 0.4) is 0 Å². The van der Waals surface area contributed by atoms with E-state index in [1.807, 2.05) is 18.2 Å². The normalized spacial score (nSPS) is 11.0. The van der Waals surface area contributed by atoms with Gasteiger partial charge in [0, 0.05) is 30.8 Å². The minimum absolute atomic E-state index is 0. The molecular formula is C22H28N5NaO6. The van der Waals surface area contributed by atoms with Crippen molar-refractivity contribution >= 4 is 29.3 Å². The molecule has 1 atom stereocenters. The Morgan fingerprint density at radius 2 is 1.94 bits per heavy atom. The quantitative estimate of drug-likeness (QED) is 0.128. The Kier molecular flexibility index (Phi) is 12.8. The molecular weight excluding hydrogens is 453 g/mol. The second-order valence-corrected chi connectivity index (χ2v) is 7.40. The van der Waals surface area contributed by atoms with Gasteiger partial charge in [-0.25, -0.2) is 4.98 Å². The molecule has 0 fully saturated rings. The van der Waals surface area contributed by atoms with Gasteiger partial charge >= 0.3 is 35.5 Å². The third kappa shape index (κ3) is 10.3. The number of benzene rings is 1. The van der Waals surface area contributed by atoms with E-state index in [9.17, 15) is 24.5 Å². The van der Waals surface area contributed by atoms with Crippen LogP contribution in [0.4, 0.5) is 11.5 Å². The van der Waals surface area contributed by atoms with E-state index in [1.165, 1.54) is 18.2 Å². The summed E-state index contributed by atoms with van der Waals surface area (Å²) >= 11 is 0. The summed E-state index contributed by atoms with van der Waals surface area (Å²) in [5.41, 5.74) is 0.560. The van der Waals surface area contributed by atoms with Crippen molar-refractivity contribution in [2.75, 3.05) is 18.4 Å². The molecule has 0 aliphatic rings. The number of pyridine rings is 1. The van der Waals surface area contributed by atoms with E-state index in [0.29, 0.717) is 24.1 Å². The molecule has 34 heavy (non-hydrogen) atoms. The first-order valence-corrected chi connectivity index (χ1v) is 10.4. The van der Waals surface area contributed by atoms with E-state index < -0.39 is 29.3 Å². The fourth-order valence-electron chi connectivity index (χ4n) is 3.07. The number of aryl methyl sites for hydroxylation is 1. The largest absolute Gasteiger partial charge is 1.00 e. The van der Waals surface area contributed by atoms with E-state index >= 15 is 0 Å². The molecule has 1 aromatic carbocycles. The fourth-order valence-corrected chi connectivity index (χ4v) is 3.07. The van der Waals surface area contributed by atoms with Crippen LogP contribution in [0.5, 0.6) is 0 Å². The summed E-state index contributed by atoms with van der Waals surface area (Å²) < 4.78 is 0. The fraction of sp³-hybridized carbons (Fsp3) is 0.364. The number of anilines is 1. The monoisotopic (exact) mass is 481 g/mol. The number of rotatable bonds is 13. The van der Waals surface area contributed by atoms with Gasteiger partial charge in [-0.15, -0.1) is 0 Å². The Bertz CT molecular complexity index is 996. The van der Waals surface area contributed by atoms with Crippen LogP contribution in [0, 0.1) is 17.0 Å². The van der Waals surface area contributed by atoms with E-state index in [2.05, 4.69) is 20.9 Å². The first-order valence-electron chi connectivity index (χ1n) is 10.4. The zero-order chi connectivity index (χ0) is 24.2. The van der Waals surface area contributed by atoms with Crippen molar-refractivity contribution in [3.63, 3.8) is 0 Å². The first-order chi connectivity index (χ1) is 15.8. The molecule has 0 spiro atoms. The Morgan fingerprint density at radius 3 is 2.59 bits per heavy atom. The number of carboxylic acids is 1. The maximum Gasteiger partial charge on any atom is 1.00 e. The van der Waals surface area contributed by atoms with Crippen molar-refractivity contribution < 1.29 is 55.4 Å². The van der Waals surface area contributed by atoms with Gasteiger partial charge in [0.2, 0.25) is 11.8 Å². The number of carboxylic acid groups (broad SMARTS) is 1. The molecule has 1 aromatic heterocycles. The number of carbonyl (C=O) groups is 3. The molecule has 1 heterocycles. The summed E-state index contributed by atoms with van der Waals surface area (Å²) in [5, 5.41) is 28.5. The van der Waals surface area contributed by atoms with E-state index in [4.69, 9.17) is 5.11 Å². The standard InChI is InChI=1S/C22H27N5O6.Na.H/c1-15-8-9-16(12-18(15)27(32)33)17(13-22(30)31)26-21(29)14-25-20(28)7-3-5-11-24-19-6-2-4-10-23-19;;/h2,4,6,8-10,12,17H,3,5,7,11,13-14H2,1H3,(H,23,24)(H,25,28)(H,26,29)(H,30,31);;/q;+1;-1. The van der Waals surface area contributed by atoms with Crippen LogP contribution in [0.1, 0.15) is 44.3 Å². The first kappa shape index (κ1) is 29.0. The predicted octanol–water partition coefficient (Wildman–Crippen LogP) is -0.555. The average Bonchev–Trinajstić information content (AvgIpc) is 2.77. The second-order valence-electron chi connectivity index (χ2n) is 7.40. The van der Waals surface area contributed by atoms with Gasteiger partial charge < -0.3 is 22.5 Å². The molecule has 0 aliphatic carbocycles. The van der Waals surface area contributed by atoms with Crippen molar-refractivity contribution in [3.05, 3.63) is 63.8 Å². The molecule has 0 saturated heterocycles. The van der Waals surface area contributed by atoms with E-state index in [1.54, 1.807) is 13.1 Å². The van der Waals surface area contributed by atoms with Crippen LogP contribution in [0.15, 0.2) is 42.6 Å². The molecule has 12 heteroatoms. The number of nitrogens with zero attached hydrogens (tertiary/aromatic N) is 2. The SMILES string of the molecule is Cc1ccc(C(CC(=O)O)NC(=O)CNC(=O)CCCCNc2ccccn2)cc1[N+](=O)[O-].[H-].[Na+]. The third-order valence-corrected chi connectivity index (χ3v) is 4.79. The van der Waals surface area contributed by atoms with E-state index in [0.717, 1.165) is 12.2 Å². The number of aromatic nitrogens is 1. The van der Waals surface area contributed by atoms with Crippen molar-refractivity contribution in [2.24, 2.45) is 0 Å². The molecule has 0 radical (unpaired) electrons. The number of aliphatic carboxylic acids is 1. The Labute approximate surface area is 220 Å². The van der Waals surface area contributed by atoms with Gasteiger partial charge in [0.25, 0.3) is 5.69 Å². The number of nitro groups is 1. The maximum absolute atomic E-state index is 12.3. The topological polar surface area (TPSA) is 164 Å². The number of hydrogen-bond acceptors (Lipinski definition) is 7. The van der Waals surface area contributed by atoms with Gasteiger partial charge in [-0.2, -0.15) is 0 Å². The number of hydrogen-bond donors (Lipinski definition) is 4. The smallest absolute Gasteiger partial charge is 1.00 e. The van der Waals surface area contributed by atoms with E-state index in [-0.39, 0.29) is 55.5 Å². The summed E-state index contributed by atoms with van der Waals surface area (Å²) in [6.07, 6.45) is 2.82. The minimum Gasteiger partial charge on any atom is -1.00 e. The molecule has 2 amide bonds. The van der Waals surface area contributed by atoms with Crippen molar-refractivity contribution in [2.45, 2.75) is 38.6 Å². The number of carbonyl (C=O) groups excluding carboxylic acids is 2. The molecule has 4 N–H and O–H groups in total. The summed E-state index contributed by atoms with van der Waals surface area (Å²) in [6, 6.07) is 8.85. The molecule has 0 aliphatic heterocycles. The van der Waals surface area contributed by atoms with Gasteiger partial charge in [0.1, 0.15) is 5.82 Å². The van der Waals surface area contributed by atoms with Gasteiger partial charge in [0.15, 0.2) is 0 Å². The minimum atomic E-state index is -1.17. The molecule has 0 bridgehead atoms. The summed E-state index contributed by atoms with van der Waals surface area (Å²) in [6.45, 7) is 1.90. The molecule has 2 rings (SSSR count). The Hall–Kier alpha value is -3.02. The predicted molar refractivity (Wildman–Crippen MR) is 122 cm³/mol. The van der Waals surface area contributed by atoms with Crippen molar-refractivity contribution in [1.29, 1.82) is 0 Å². The van der Waals surface area contributed by atoms with Crippen LogP contribution < -0.4 is 45.5 Å². The zero-order valence-corrected chi connectivity index (χ0v) is 21.2. The number of nitro benzene ring substituents is 1. The van der Waals surface area contributed by atoms with Gasteiger partial charge in [-0.3, -0.25) is 24.5 Å². The van der Waals surface area contributed by atoms with Crippen LogP contribution in [-0.2, 0) is 14.4 Å². The Balaban J connectivity index is 0.00000578. The molecule has 0 saturated carbocycles. The van der Waals surface area contributed by atoms with Gasteiger partial charge in [-0.1, -0.05) is 18.2 Å². The second kappa shape index (κ2) is 15.0. The van der Waals surface area contributed by atoms with Gasteiger partial charge in [-0.05, 0) is 37.5 Å². The molecule has 11 nitrogen and oxygen atoms in total. The number of amides is 2. The molecule has 2 aromatic rings. The summed E-state index contributed by atoms with van der Waals surface area (Å²) in [5.74, 6) is -1.31. The van der Waals surface area contributed by atoms with Crippen LogP contribution in [-0.4, -0.2) is 45.9 Å². The summed E-state index contributed by atoms with van der Waals surface area (Å²) in [4.78, 5) is 50.2. The zero-order valence-electron chi connectivity index (χ0n) is 20.2. The van der Waals surface area contributed by atoms with Crippen LogP contribution in [0.25, 0.3) is 0 Å². The van der Waals surface area contributed by atoms with Crippen LogP contribution >= 0.6 is 0 Å². The van der Waals surface area contributed by atoms with Crippen molar-refractivity contribution in [3.8, 4) is 0 Å². The average molecular weight is 481 g/mol. The Morgan fingerprint density at radius 1 is 1.18 bits per heavy atom. The molecule has 1 unspecified atom stereocenters. The third-order valence-electron chi connectivity index (χ3n) is 4.79. The van der Waals surface area contributed by atoms with Crippen molar-refractivity contribution in [1.82, 2.24) is 15.6 Å². The number of nitrogens with one attached hydrogen (secondary N) is 3. The summed E-state index contributed by atoms with van der Waals surface area (Å²) in [7, 11) is 0. The molecule has 178 valence electrons. The maximum atomic E-state index is 12.3.